The van der Waals surface area contributed by atoms with Crippen LogP contribution in [0.1, 0.15) is 24.7 Å². The van der Waals surface area contributed by atoms with Crippen LogP contribution in [-0.4, -0.2) is 42.0 Å². The zero-order chi connectivity index (χ0) is 14.6. The van der Waals surface area contributed by atoms with E-state index in [2.05, 4.69) is 5.10 Å². The molecule has 0 spiro atoms. The van der Waals surface area contributed by atoms with Crippen LogP contribution < -0.4 is 5.73 Å². The van der Waals surface area contributed by atoms with Crippen LogP contribution >= 0.6 is 0 Å². The summed E-state index contributed by atoms with van der Waals surface area (Å²) in [4.78, 5) is 11.9. The van der Waals surface area contributed by atoms with Gasteiger partial charge in [0, 0.05) is 25.4 Å². The molecule has 1 aromatic rings. The zero-order valence-electron chi connectivity index (χ0n) is 11.6. The molecule has 0 bridgehead atoms. The van der Waals surface area contributed by atoms with Gasteiger partial charge in [-0.25, -0.2) is 8.42 Å². The topological polar surface area (TPSA) is 95.0 Å². The first-order valence-corrected chi connectivity index (χ1v) is 8.26. The number of hydrogen-bond acceptors (Lipinski definition) is 5. The number of carbonyl (C=O) groups excluding carboxylic acids is 1. The molecule has 1 atom stereocenters. The molecule has 0 radical (unpaired) electrons. The molecule has 0 aliphatic rings. The van der Waals surface area contributed by atoms with Gasteiger partial charge in [-0.1, -0.05) is 6.92 Å². The molecule has 0 aliphatic carbocycles. The third-order valence-electron chi connectivity index (χ3n) is 2.96. The van der Waals surface area contributed by atoms with Gasteiger partial charge in [-0.15, -0.1) is 0 Å². The molecule has 7 heteroatoms. The molecular formula is C12H21N3O3S. The number of nitrogens with zero attached hydrogens (tertiary/aromatic N) is 2. The van der Waals surface area contributed by atoms with E-state index < -0.39 is 15.9 Å². The average molecular weight is 287 g/mol. The molecule has 1 heterocycles. The van der Waals surface area contributed by atoms with Crippen molar-refractivity contribution >= 4 is 15.6 Å². The van der Waals surface area contributed by atoms with Crippen molar-refractivity contribution in [2.24, 2.45) is 12.8 Å². The summed E-state index contributed by atoms with van der Waals surface area (Å²) in [6.45, 7) is 1.99. The van der Waals surface area contributed by atoms with E-state index in [1.54, 1.807) is 11.7 Å². The Kier molecular flexibility index (Phi) is 5.25. The van der Waals surface area contributed by atoms with Crippen LogP contribution in [0.15, 0.2) is 6.07 Å². The molecule has 6 nitrogen and oxygen atoms in total. The number of rotatable bonds is 7. The molecule has 108 valence electrons. The van der Waals surface area contributed by atoms with Gasteiger partial charge >= 0.3 is 0 Å². The van der Waals surface area contributed by atoms with Gasteiger partial charge in [0.1, 0.15) is 9.84 Å². The molecule has 19 heavy (non-hydrogen) atoms. The molecule has 0 saturated heterocycles. The van der Waals surface area contributed by atoms with Crippen LogP contribution in [0.2, 0.25) is 0 Å². The van der Waals surface area contributed by atoms with Crippen molar-refractivity contribution < 1.29 is 13.2 Å². The molecular weight excluding hydrogens is 266 g/mol. The quantitative estimate of drug-likeness (QED) is 0.753. The number of nitrogens with two attached hydrogens (primary N) is 1. The fourth-order valence-corrected chi connectivity index (χ4v) is 2.40. The Hall–Kier alpha value is -1.21. The van der Waals surface area contributed by atoms with Crippen molar-refractivity contribution in [3.63, 3.8) is 0 Å². The number of carbonyl (C=O) groups is 1. The summed E-state index contributed by atoms with van der Waals surface area (Å²) in [5, 5.41) is 4.25. The second-order valence-corrected chi connectivity index (χ2v) is 7.03. The maximum absolute atomic E-state index is 11.9. The van der Waals surface area contributed by atoms with Gasteiger partial charge < -0.3 is 5.73 Å². The predicted molar refractivity (Wildman–Crippen MR) is 73.6 cm³/mol. The van der Waals surface area contributed by atoms with Crippen LogP contribution in [0.5, 0.6) is 0 Å². The van der Waals surface area contributed by atoms with Crippen LogP contribution in [0, 0.1) is 0 Å². The van der Waals surface area contributed by atoms with Crippen molar-refractivity contribution in [1.82, 2.24) is 9.78 Å². The Balaban J connectivity index is 2.61. The molecule has 0 amide bonds. The van der Waals surface area contributed by atoms with Crippen molar-refractivity contribution in [3.05, 3.63) is 17.5 Å². The van der Waals surface area contributed by atoms with E-state index in [0.717, 1.165) is 24.1 Å². The van der Waals surface area contributed by atoms with Gasteiger partial charge in [0.15, 0.2) is 5.78 Å². The molecule has 0 aromatic carbocycles. The van der Waals surface area contributed by atoms with E-state index in [4.69, 9.17) is 5.73 Å². The molecule has 1 rings (SSSR count). The molecule has 0 aliphatic heterocycles. The Bertz CT molecular complexity index is 549. The maximum atomic E-state index is 11.9. The first kappa shape index (κ1) is 15.8. The number of Topliss-reactive ketones (excluding diaryl/α,β-unsaturated/α-hetero) is 1. The maximum Gasteiger partial charge on any atom is 0.155 e. The third-order valence-corrected chi connectivity index (χ3v) is 3.94. The molecule has 2 N–H and O–H groups in total. The number of aromatic nitrogens is 2. The highest BCUT2D eigenvalue weighted by molar-refractivity contribution is 7.90. The van der Waals surface area contributed by atoms with Crippen molar-refractivity contribution in [2.45, 2.75) is 32.2 Å². The van der Waals surface area contributed by atoms with E-state index in [1.165, 1.54) is 0 Å². The summed E-state index contributed by atoms with van der Waals surface area (Å²) in [7, 11) is -1.30. The van der Waals surface area contributed by atoms with Gasteiger partial charge in [-0.3, -0.25) is 9.48 Å². The Labute approximate surface area is 113 Å². The lowest BCUT2D eigenvalue weighted by Gasteiger charge is -2.09. The summed E-state index contributed by atoms with van der Waals surface area (Å²) < 4.78 is 23.7. The van der Waals surface area contributed by atoms with Crippen molar-refractivity contribution in [2.75, 3.05) is 12.0 Å². The van der Waals surface area contributed by atoms with Gasteiger partial charge in [-0.2, -0.15) is 5.10 Å². The summed E-state index contributed by atoms with van der Waals surface area (Å²) in [6.07, 6.45) is 2.30. The molecule has 1 aromatic heterocycles. The monoisotopic (exact) mass is 287 g/mol. The zero-order valence-corrected chi connectivity index (χ0v) is 12.4. The Morgan fingerprint density at radius 3 is 2.63 bits per heavy atom. The SMILES string of the molecule is CCc1cc(CC(=O)C(N)CCS(C)(=O)=O)n(C)n1. The number of ketones is 1. The Morgan fingerprint density at radius 2 is 2.16 bits per heavy atom. The summed E-state index contributed by atoms with van der Waals surface area (Å²) >= 11 is 0. The lowest BCUT2D eigenvalue weighted by molar-refractivity contribution is -0.119. The lowest BCUT2D eigenvalue weighted by Crippen LogP contribution is -2.34. The fraction of sp³-hybridized carbons (Fsp3) is 0.667. The fourth-order valence-electron chi connectivity index (χ4n) is 1.72. The van der Waals surface area contributed by atoms with E-state index in [0.29, 0.717) is 0 Å². The first-order chi connectivity index (χ1) is 8.73. The number of aryl methyl sites for hydroxylation is 2. The van der Waals surface area contributed by atoms with E-state index in [-0.39, 0.29) is 24.4 Å². The smallest absolute Gasteiger partial charge is 0.155 e. The summed E-state index contributed by atoms with van der Waals surface area (Å²) in [5.41, 5.74) is 7.45. The Morgan fingerprint density at radius 1 is 1.53 bits per heavy atom. The molecule has 0 saturated carbocycles. The van der Waals surface area contributed by atoms with Crippen LogP contribution in [0.3, 0.4) is 0 Å². The number of hydrogen-bond donors (Lipinski definition) is 1. The van der Waals surface area contributed by atoms with Crippen LogP contribution in [0.25, 0.3) is 0 Å². The summed E-state index contributed by atoms with van der Waals surface area (Å²) in [5.74, 6) is -0.222. The van der Waals surface area contributed by atoms with Crippen LogP contribution in [-0.2, 0) is 34.5 Å². The van der Waals surface area contributed by atoms with Gasteiger partial charge in [0.2, 0.25) is 0 Å². The second-order valence-electron chi connectivity index (χ2n) is 4.77. The minimum Gasteiger partial charge on any atom is -0.321 e. The largest absolute Gasteiger partial charge is 0.321 e. The molecule has 1 unspecified atom stereocenters. The van der Waals surface area contributed by atoms with Gasteiger partial charge in [0.05, 0.1) is 17.5 Å². The van der Waals surface area contributed by atoms with E-state index in [9.17, 15) is 13.2 Å². The summed E-state index contributed by atoms with van der Waals surface area (Å²) in [6, 6.07) is 1.14. The second kappa shape index (κ2) is 6.29. The minimum absolute atomic E-state index is 0.0640. The number of sulfone groups is 1. The van der Waals surface area contributed by atoms with Gasteiger partial charge in [0.25, 0.3) is 0 Å². The lowest BCUT2D eigenvalue weighted by atomic mass is 10.1. The average Bonchev–Trinajstić information content (AvgIpc) is 2.66. The first-order valence-electron chi connectivity index (χ1n) is 6.20. The highest BCUT2D eigenvalue weighted by atomic mass is 32.2. The molecule has 0 fully saturated rings. The van der Waals surface area contributed by atoms with Crippen molar-refractivity contribution in [1.29, 1.82) is 0 Å². The standard InChI is InChI=1S/C12H21N3O3S/c1-4-9-7-10(15(2)14-9)8-12(16)11(13)5-6-19(3,17)18/h7,11H,4-6,8,13H2,1-3H3. The van der Waals surface area contributed by atoms with Gasteiger partial charge in [-0.05, 0) is 18.9 Å². The van der Waals surface area contributed by atoms with E-state index in [1.807, 2.05) is 13.0 Å². The highest BCUT2D eigenvalue weighted by Crippen LogP contribution is 2.07. The predicted octanol–water partition coefficient (Wildman–Crippen LogP) is -0.144. The normalized spacial score (nSPS) is 13.5. The third kappa shape index (κ3) is 5.12. The minimum atomic E-state index is -3.08. The highest BCUT2D eigenvalue weighted by Gasteiger charge is 2.18. The van der Waals surface area contributed by atoms with Crippen molar-refractivity contribution in [3.8, 4) is 0 Å². The van der Waals surface area contributed by atoms with E-state index >= 15 is 0 Å². The van der Waals surface area contributed by atoms with Crippen LogP contribution in [0.4, 0.5) is 0 Å².